The number of aliphatic hydroxyl groups is 1. The van der Waals surface area contributed by atoms with Crippen LogP contribution in [0.15, 0.2) is 46.9 Å². The van der Waals surface area contributed by atoms with Crippen LogP contribution in [0.5, 0.6) is 0 Å². The normalized spacial score (nSPS) is 14.4. The third-order valence-corrected chi connectivity index (χ3v) is 2.92. The minimum atomic E-state index is 0.0604. The zero-order valence-corrected chi connectivity index (χ0v) is 10.8. The van der Waals surface area contributed by atoms with E-state index < -0.39 is 0 Å². The van der Waals surface area contributed by atoms with Crippen LogP contribution in [0.4, 0.5) is 0 Å². The summed E-state index contributed by atoms with van der Waals surface area (Å²) in [5.41, 5.74) is 1.08. The average molecular weight is 245 g/mol. The third-order valence-electron chi connectivity index (χ3n) is 2.92. The van der Waals surface area contributed by atoms with Crippen LogP contribution in [-0.4, -0.2) is 17.8 Å². The van der Waals surface area contributed by atoms with Crippen LogP contribution < -0.4 is 5.32 Å². The summed E-state index contributed by atoms with van der Waals surface area (Å²) in [6.07, 6.45) is 0. The number of nitrogens with one attached hydrogen (secondary N) is 1. The van der Waals surface area contributed by atoms with Gasteiger partial charge in [-0.25, -0.2) is 0 Å². The first-order valence-corrected chi connectivity index (χ1v) is 6.22. The second-order valence-corrected chi connectivity index (χ2v) is 4.54. The molecule has 3 heteroatoms. The molecule has 1 aromatic carbocycles. The monoisotopic (exact) mass is 245 g/mol. The number of hydrogen-bond acceptors (Lipinski definition) is 3. The molecule has 0 spiro atoms. The van der Waals surface area contributed by atoms with Gasteiger partial charge in [0.1, 0.15) is 11.5 Å². The van der Waals surface area contributed by atoms with E-state index in [4.69, 9.17) is 9.52 Å². The minimum absolute atomic E-state index is 0.0604. The maximum Gasteiger partial charge on any atom is 0.134 e. The molecule has 0 amide bonds. The predicted octanol–water partition coefficient (Wildman–Crippen LogP) is 2.98. The van der Waals surface area contributed by atoms with Gasteiger partial charge in [0.25, 0.3) is 0 Å². The number of hydrogen-bond donors (Lipinski definition) is 2. The van der Waals surface area contributed by atoms with Crippen LogP contribution in [0, 0.1) is 0 Å². The summed E-state index contributed by atoms with van der Waals surface area (Å²) in [6, 6.07) is 14.1. The lowest BCUT2D eigenvalue weighted by Gasteiger charge is -2.16. The average Bonchev–Trinajstić information content (AvgIpc) is 2.89. The molecule has 1 unspecified atom stereocenters. The van der Waals surface area contributed by atoms with Crippen molar-refractivity contribution < 1.29 is 9.52 Å². The standard InChI is InChI=1S/C15H19NO2/c1-11(10-17)16-12(2)14-8-9-15(18-14)13-6-4-3-5-7-13/h3-9,11-12,16-17H,10H2,1-2H3/t11-,12?/m1/s1. The van der Waals surface area contributed by atoms with Crippen molar-refractivity contribution in [3.05, 3.63) is 48.2 Å². The SMILES string of the molecule is CC(N[C@H](C)CO)c1ccc(-c2ccccc2)o1. The molecule has 2 rings (SSSR count). The highest BCUT2D eigenvalue weighted by atomic mass is 16.3. The van der Waals surface area contributed by atoms with Gasteiger partial charge in [0, 0.05) is 11.6 Å². The lowest BCUT2D eigenvalue weighted by Crippen LogP contribution is -2.31. The van der Waals surface area contributed by atoms with Crippen LogP contribution in [0.1, 0.15) is 25.6 Å². The van der Waals surface area contributed by atoms with Crippen LogP contribution in [-0.2, 0) is 0 Å². The van der Waals surface area contributed by atoms with Gasteiger partial charge in [-0.3, -0.25) is 0 Å². The van der Waals surface area contributed by atoms with Crippen LogP contribution in [0.2, 0.25) is 0 Å². The molecule has 2 N–H and O–H groups in total. The molecule has 3 nitrogen and oxygen atoms in total. The molecule has 0 radical (unpaired) electrons. The first kappa shape index (κ1) is 12.9. The van der Waals surface area contributed by atoms with Crippen molar-refractivity contribution in [2.45, 2.75) is 25.9 Å². The fourth-order valence-electron chi connectivity index (χ4n) is 1.90. The van der Waals surface area contributed by atoms with E-state index in [-0.39, 0.29) is 18.7 Å². The van der Waals surface area contributed by atoms with Gasteiger partial charge >= 0.3 is 0 Å². The quantitative estimate of drug-likeness (QED) is 0.851. The Labute approximate surface area is 107 Å². The van der Waals surface area contributed by atoms with Crippen molar-refractivity contribution >= 4 is 0 Å². The third kappa shape index (κ3) is 3.00. The van der Waals surface area contributed by atoms with Crippen LogP contribution in [0.3, 0.4) is 0 Å². The molecule has 1 heterocycles. The zero-order chi connectivity index (χ0) is 13.0. The van der Waals surface area contributed by atoms with E-state index in [0.29, 0.717) is 0 Å². The van der Waals surface area contributed by atoms with Gasteiger partial charge in [-0.2, -0.15) is 0 Å². The molecule has 2 aromatic rings. The van der Waals surface area contributed by atoms with E-state index in [9.17, 15) is 0 Å². The number of aliphatic hydroxyl groups excluding tert-OH is 1. The molecule has 2 atom stereocenters. The molecule has 0 aliphatic rings. The minimum Gasteiger partial charge on any atom is -0.459 e. The smallest absolute Gasteiger partial charge is 0.134 e. The largest absolute Gasteiger partial charge is 0.459 e. The first-order chi connectivity index (χ1) is 8.70. The highest BCUT2D eigenvalue weighted by molar-refractivity contribution is 5.57. The summed E-state index contributed by atoms with van der Waals surface area (Å²) in [4.78, 5) is 0. The van der Waals surface area contributed by atoms with Gasteiger partial charge in [-0.1, -0.05) is 30.3 Å². The van der Waals surface area contributed by atoms with Crippen molar-refractivity contribution in [2.24, 2.45) is 0 Å². The van der Waals surface area contributed by atoms with Crippen LogP contribution in [0.25, 0.3) is 11.3 Å². The Morgan fingerprint density at radius 1 is 1.11 bits per heavy atom. The predicted molar refractivity (Wildman–Crippen MR) is 72.2 cm³/mol. The molecule has 96 valence electrons. The molecule has 0 aliphatic heterocycles. The van der Waals surface area contributed by atoms with Gasteiger partial charge in [-0.05, 0) is 26.0 Å². The van der Waals surface area contributed by atoms with Crippen molar-refractivity contribution in [1.29, 1.82) is 0 Å². The van der Waals surface area contributed by atoms with Gasteiger partial charge in [0.15, 0.2) is 0 Å². The highest BCUT2D eigenvalue weighted by Crippen LogP contribution is 2.25. The van der Waals surface area contributed by atoms with Gasteiger partial charge in [0.2, 0.25) is 0 Å². The molecule has 0 saturated carbocycles. The highest BCUT2D eigenvalue weighted by Gasteiger charge is 2.13. The number of benzene rings is 1. The second kappa shape index (κ2) is 5.85. The molecule has 0 bridgehead atoms. The first-order valence-electron chi connectivity index (χ1n) is 6.22. The lowest BCUT2D eigenvalue weighted by atomic mass is 10.2. The van der Waals surface area contributed by atoms with Gasteiger partial charge in [-0.15, -0.1) is 0 Å². The van der Waals surface area contributed by atoms with E-state index in [1.54, 1.807) is 0 Å². The molecule has 18 heavy (non-hydrogen) atoms. The van der Waals surface area contributed by atoms with Crippen LogP contribution >= 0.6 is 0 Å². The molecular formula is C15H19NO2. The van der Waals surface area contributed by atoms with E-state index in [1.807, 2.05) is 56.3 Å². The van der Waals surface area contributed by atoms with Crippen molar-refractivity contribution in [3.8, 4) is 11.3 Å². The fraction of sp³-hybridized carbons (Fsp3) is 0.333. The Morgan fingerprint density at radius 2 is 1.83 bits per heavy atom. The summed E-state index contributed by atoms with van der Waals surface area (Å²) in [7, 11) is 0. The van der Waals surface area contributed by atoms with Crippen molar-refractivity contribution in [3.63, 3.8) is 0 Å². The second-order valence-electron chi connectivity index (χ2n) is 4.54. The maximum absolute atomic E-state index is 9.02. The Morgan fingerprint density at radius 3 is 2.50 bits per heavy atom. The van der Waals surface area contributed by atoms with Crippen molar-refractivity contribution in [1.82, 2.24) is 5.32 Å². The molecule has 0 aliphatic carbocycles. The Hall–Kier alpha value is -1.58. The van der Waals surface area contributed by atoms with E-state index in [1.165, 1.54) is 0 Å². The van der Waals surface area contributed by atoms with E-state index in [0.717, 1.165) is 17.1 Å². The van der Waals surface area contributed by atoms with E-state index in [2.05, 4.69) is 5.32 Å². The summed E-state index contributed by atoms with van der Waals surface area (Å²) < 4.78 is 5.83. The summed E-state index contributed by atoms with van der Waals surface area (Å²) in [5.74, 6) is 1.75. The van der Waals surface area contributed by atoms with Crippen molar-refractivity contribution in [2.75, 3.05) is 6.61 Å². The summed E-state index contributed by atoms with van der Waals surface area (Å²) in [5, 5.41) is 12.3. The number of rotatable bonds is 5. The summed E-state index contributed by atoms with van der Waals surface area (Å²) in [6.45, 7) is 4.09. The topological polar surface area (TPSA) is 45.4 Å². The Balaban J connectivity index is 2.11. The maximum atomic E-state index is 9.02. The van der Waals surface area contributed by atoms with Gasteiger partial charge < -0.3 is 14.8 Å². The molecule has 0 saturated heterocycles. The zero-order valence-electron chi connectivity index (χ0n) is 10.8. The molecule has 1 aromatic heterocycles. The summed E-state index contributed by atoms with van der Waals surface area (Å²) >= 11 is 0. The Bertz CT molecular complexity index is 478. The molecule has 0 fully saturated rings. The fourth-order valence-corrected chi connectivity index (χ4v) is 1.90. The lowest BCUT2D eigenvalue weighted by molar-refractivity contribution is 0.238. The van der Waals surface area contributed by atoms with Gasteiger partial charge in [0.05, 0.1) is 12.6 Å². The van der Waals surface area contributed by atoms with E-state index >= 15 is 0 Å². The molecular weight excluding hydrogens is 226 g/mol. The number of furan rings is 1. The Kier molecular flexibility index (Phi) is 4.18.